The van der Waals surface area contributed by atoms with Gasteiger partial charge in [0.1, 0.15) is 12.1 Å². The Morgan fingerprint density at radius 3 is 3.23 bits per heavy atom. The topological polar surface area (TPSA) is 84.6 Å². The van der Waals surface area contributed by atoms with Gasteiger partial charge >= 0.3 is 0 Å². The lowest BCUT2D eigenvalue weighted by molar-refractivity contribution is 0.315. The van der Waals surface area contributed by atoms with E-state index in [4.69, 9.17) is 15.4 Å². The second kappa shape index (κ2) is 4.76. The minimum Gasteiger partial charge on any atom is -0.440 e. The number of aromatic nitrogens is 1. The Morgan fingerprint density at radius 2 is 2.69 bits per heavy atom. The Hall–Kier alpha value is -1.17. The van der Waals surface area contributed by atoms with E-state index in [1.165, 1.54) is 18.0 Å². The van der Waals surface area contributed by atoms with Crippen LogP contribution < -0.4 is 5.73 Å². The highest BCUT2D eigenvalue weighted by molar-refractivity contribution is 7.99. The first-order chi connectivity index (χ1) is 6.24. The summed E-state index contributed by atoms with van der Waals surface area (Å²) < 4.78 is 5.01. The number of oxazole rings is 1. The fourth-order valence-corrected chi connectivity index (χ4v) is 1.48. The average molecular weight is 201 g/mol. The molecule has 1 unspecified atom stereocenters. The predicted octanol–water partition coefficient (Wildman–Crippen LogP) is 1.15. The quantitative estimate of drug-likeness (QED) is 0.251. The number of nitrogens with zero attached hydrogens (tertiary/aromatic N) is 2. The van der Waals surface area contributed by atoms with Crippen molar-refractivity contribution in [3.63, 3.8) is 0 Å². The van der Waals surface area contributed by atoms with Crippen LogP contribution in [0.5, 0.6) is 0 Å². The van der Waals surface area contributed by atoms with Gasteiger partial charge in [-0.05, 0) is 0 Å². The minimum atomic E-state index is 0.00176. The Balaban J connectivity index is 2.35. The summed E-state index contributed by atoms with van der Waals surface area (Å²) in [5.41, 5.74) is 5.39. The lowest BCUT2D eigenvalue weighted by Crippen LogP contribution is -2.22. The molecule has 6 heteroatoms. The summed E-state index contributed by atoms with van der Waals surface area (Å²) in [6.07, 6.45) is 3.09. The van der Waals surface area contributed by atoms with Crippen LogP contribution in [0.3, 0.4) is 0 Å². The number of hydrogen-bond donors (Lipinski definition) is 2. The van der Waals surface area contributed by atoms with Crippen molar-refractivity contribution in [3.05, 3.63) is 12.5 Å². The number of nitrogens with two attached hydrogens (primary N) is 1. The fourth-order valence-electron chi connectivity index (χ4n) is 0.662. The predicted molar refractivity (Wildman–Crippen MR) is 49.8 cm³/mol. The Morgan fingerprint density at radius 1 is 1.92 bits per heavy atom. The summed E-state index contributed by atoms with van der Waals surface area (Å²) in [5, 5.41) is 11.9. The van der Waals surface area contributed by atoms with E-state index in [1.54, 1.807) is 6.20 Å². The van der Waals surface area contributed by atoms with Gasteiger partial charge in [0.05, 0.1) is 6.20 Å². The van der Waals surface area contributed by atoms with Crippen LogP contribution in [-0.2, 0) is 0 Å². The van der Waals surface area contributed by atoms with E-state index in [2.05, 4.69) is 10.1 Å². The van der Waals surface area contributed by atoms with Gasteiger partial charge in [-0.25, -0.2) is 4.98 Å². The zero-order valence-electron chi connectivity index (χ0n) is 7.17. The third-order valence-electron chi connectivity index (χ3n) is 1.49. The van der Waals surface area contributed by atoms with E-state index in [1.807, 2.05) is 6.92 Å². The van der Waals surface area contributed by atoms with Crippen LogP contribution in [-0.4, -0.2) is 21.8 Å². The van der Waals surface area contributed by atoms with Crippen molar-refractivity contribution in [2.24, 2.45) is 16.8 Å². The van der Waals surface area contributed by atoms with Crippen LogP contribution in [0, 0.1) is 5.92 Å². The van der Waals surface area contributed by atoms with E-state index in [9.17, 15) is 0 Å². The molecule has 0 aliphatic heterocycles. The molecule has 1 rings (SSSR count). The normalized spacial score (nSPS) is 14.4. The molecule has 0 amide bonds. The van der Waals surface area contributed by atoms with Gasteiger partial charge in [0.25, 0.3) is 5.22 Å². The summed E-state index contributed by atoms with van der Waals surface area (Å²) in [7, 11) is 0. The first-order valence-electron chi connectivity index (χ1n) is 3.73. The van der Waals surface area contributed by atoms with Gasteiger partial charge in [-0.1, -0.05) is 23.8 Å². The SMILES string of the molecule is CC(CSc1ncco1)/C(N)=N/O. The molecule has 0 aromatic carbocycles. The first-order valence-corrected chi connectivity index (χ1v) is 4.72. The summed E-state index contributed by atoms with van der Waals surface area (Å²) in [5.74, 6) is 0.900. The molecule has 0 fully saturated rings. The van der Waals surface area contributed by atoms with Gasteiger partial charge < -0.3 is 15.4 Å². The summed E-state index contributed by atoms with van der Waals surface area (Å²) in [6, 6.07) is 0. The standard InChI is InChI=1S/C7H11N3O2S/c1-5(6(8)10-11)4-13-7-9-2-3-12-7/h2-3,5,11H,4H2,1H3,(H2,8,10). The van der Waals surface area contributed by atoms with Crippen molar-refractivity contribution >= 4 is 17.6 Å². The number of hydrogen-bond acceptors (Lipinski definition) is 5. The van der Waals surface area contributed by atoms with Crippen molar-refractivity contribution in [2.45, 2.75) is 12.1 Å². The monoisotopic (exact) mass is 201 g/mol. The van der Waals surface area contributed by atoms with Crippen molar-refractivity contribution < 1.29 is 9.62 Å². The highest BCUT2D eigenvalue weighted by atomic mass is 32.2. The third-order valence-corrected chi connectivity index (χ3v) is 2.60. The molecule has 0 spiro atoms. The Labute approximate surface area is 80.0 Å². The zero-order chi connectivity index (χ0) is 9.68. The van der Waals surface area contributed by atoms with E-state index in [-0.39, 0.29) is 11.8 Å². The Kier molecular flexibility index (Phi) is 3.63. The first kappa shape index (κ1) is 9.91. The molecule has 3 N–H and O–H groups in total. The molecule has 1 atom stereocenters. The van der Waals surface area contributed by atoms with E-state index in [0.717, 1.165) is 0 Å². The molecule has 0 radical (unpaired) electrons. The number of thioether (sulfide) groups is 1. The molecule has 0 aliphatic rings. The second-order valence-corrected chi connectivity index (χ2v) is 3.51. The van der Waals surface area contributed by atoms with Crippen LogP contribution in [0.25, 0.3) is 0 Å². The largest absolute Gasteiger partial charge is 0.440 e. The molecule has 1 heterocycles. The molecular weight excluding hydrogens is 190 g/mol. The Bertz CT molecular complexity index is 273. The highest BCUT2D eigenvalue weighted by Gasteiger charge is 2.09. The van der Waals surface area contributed by atoms with Crippen LogP contribution in [0.2, 0.25) is 0 Å². The zero-order valence-corrected chi connectivity index (χ0v) is 7.99. The van der Waals surface area contributed by atoms with Gasteiger partial charge in [-0.2, -0.15) is 0 Å². The maximum atomic E-state index is 8.38. The minimum absolute atomic E-state index is 0.00176. The van der Waals surface area contributed by atoms with Gasteiger partial charge in [0, 0.05) is 11.7 Å². The van der Waals surface area contributed by atoms with Gasteiger partial charge in [0.15, 0.2) is 0 Å². The van der Waals surface area contributed by atoms with Crippen LogP contribution in [0.15, 0.2) is 27.3 Å². The molecule has 0 aliphatic carbocycles. The molecule has 0 saturated carbocycles. The molecular formula is C7H11N3O2S. The third kappa shape index (κ3) is 2.98. The number of oxime groups is 1. The molecule has 5 nitrogen and oxygen atoms in total. The molecule has 1 aromatic rings. The molecule has 1 aromatic heterocycles. The van der Waals surface area contributed by atoms with E-state index < -0.39 is 0 Å². The molecule has 0 bridgehead atoms. The number of rotatable bonds is 4. The lowest BCUT2D eigenvalue weighted by atomic mass is 10.2. The van der Waals surface area contributed by atoms with Gasteiger partial charge in [0.2, 0.25) is 0 Å². The van der Waals surface area contributed by atoms with Crippen molar-refractivity contribution in [1.29, 1.82) is 0 Å². The van der Waals surface area contributed by atoms with E-state index >= 15 is 0 Å². The highest BCUT2D eigenvalue weighted by Crippen LogP contribution is 2.18. The second-order valence-electron chi connectivity index (χ2n) is 2.53. The number of amidine groups is 1. The molecule has 0 saturated heterocycles. The molecule has 13 heavy (non-hydrogen) atoms. The maximum absolute atomic E-state index is 8.38. The summed E-state index contributed by atoms with van der Waals surface area (Å²) in [4.78, 5) is 3.93. The fraction of sp³-hybridized carbons (Fsp3) is 0.429. The van der Waals surface area contributed by atoms with Crippen molar-refractivity contribution in [2.75, 3.05) is 5.75 Å². The average Bonchev–Trinajstić information content (AvgIpc) is 2.65. The van der Waals surface area contributed by atoms with Crippen LogP contribution >= 0.6 is 11.8 Å². The van der Waals surface area contributed by atoms with Gasteiger partial charge in [-0.15, -0.1) is 0 Å². The van der Waals surface area contributed by atoms with Crippen molar-refractivity contribution in [1.82, 2.24) is 4.98 Å². The van der Waals surface area contributed by atoms with Crippen LogP contribution in [0.4, 0.5) is 0 Å². The molecule has 72 valence electrons. The smallest absolute Gasteiger partial charge is 0.255 e. The summed E-state index contributed by atoms with van der Waals surface area (Å²) in [6.45, 7) is 1.87. The van der Waals surface area contributed by atoms with Crippen LogP contribution in [0.1, 0.15) is 6.92 Å². The lowest BCUT2D eigenvalue weighted by Gasteiger charge is -2.06. The van der Waals surface area contributed by atoms with Gasteiger partial charge in [-0.3, -0.25) is 0 Å². The maximum Gasteiger partial charge on any atom is 0.255 e. The summed E-state index contributed by atoms with van der Waals surface area (Å²) >= 11 is 1.43. The van der Waals surface area contributed by atoms with Crippen molar-refractivity contribution in [3.8, 4) is 0 Å². The van der Waals surface area contributed by atoms with E-state index in [0.29, 0.717) is 11.0 Å².